The summed E-state index contributed by atoms with van der Waals surface area (Å²) in [5, 5.41) is 3.86. The van der Waals surface area contributed by atoms with Crippen LogP contribution in [0, 0.1) is 6.92 Å². The Morgan fingerprint density at radius 1 is 0.744 bits per heavy atom. The molecule has 3 heteroatoms. The van der Waals surface area contributed by atoms with Crippen molar-refractivity contribution in [3.05, 3.63) is 83.6 Å². The number of aromatic nitrogens is 1. The minimum atomic E-state index is -1.69. The molecule has 2 heterocycles. The van der Waals surface area contributed by atoms with Gasteiger partial charge in [-0.2, -0.15) is 0 Å². The first kappa shape index (κ1) is 26.1. The van der Waals surface area contributed by atoms with Crippen molar-refractivity contribution in [3.63, 3.8) is 0 Å². The molecular weight excluding hydrogens is 490 g/mol. The number of hydrogen-bond donors (Lipinski definition) is 0. The number of fused-ring (bicyclic) bond motifs is 4. The average molecular weight is 533 g/mol. The summed E-state index contributed by atoms with van der Waals surface area (Å²) >= 11 is 0. The number of nitrogens with zero attached hydrogens (tertiary/aromatic N) is 1. The number of furan rings is 1. The number of pyridine rings is 1. The van der Waals surface area contributed by atoms with E-state index in [0.29, 0.717) is 0 Å². The molecule has 0 unspecified atom stereocenters. The SMILES string of the molecule is Cc1ccc2c(oc3c(-c4ccc5c(c4)C(C)(C)CCC5(C)C)c([Si](C)(C)C)ccc32)c1-c1cccc[n+]1C. The molecule has 5 aromatic rings. The zero-order chi connectivity index (χ0) is 27.9. The van der Waals surface area contributed by atoms with Crippen molar-refractivity contribution in [2.24, 2.45) is 7.05 Å². The van der Waals surface area contributed by atoms with Crippen LogP contribution in [0.4, 0.5) is 0 Å². The van der Waals surface area contributed by atoms with Crippen LogP contribution >= 0.6 is 0 Å². The summed E-state index contributed by atoms with van der Waals surface area (Å²) in [7, 11) is 0.425. The lowest BCUT2D eigenvalue weighted by Crippen LogP contribution is -2.39. The Kier molecular flexibility index (Phi) is 5.79. The smallest absolute Gasteiger partial charge is 0.216 e. The van der Waals surface area contributed by atoms with Crippen LogP contribution in [0.1, 0.15) is 57.2 Å². The van der Waals surface area contributed by atoms with E-state index in [1.165, 1.54) is 67.9 Å². The van der Waals surface area contributed by atoms with Gasteiger partial charge in [-0.25, -0.2) is 4.57 Å². The predicted octanol–water partition coefficient (Wildman–Crippen LogP) is 8.95. The predicted molar refractivity (Wildman–Crippen MR) is 169 cm³/mol. The summed E-state index contributed by atoms with van der Waals surface area (Å²) < 4.78 is 9.23. The van der Waals surface area contributed by atoms with E-state index in [1.54, 1.807) is 0 Å². The molecule has 1 aliphatic carbocycles. The van der Waals surface area contributed by atoms with Crippen LogP contribution in [0.2, 0.25) is 19.6 Å². The van der Waals surface area contributed by atoms with Gasteiger partial charge < -0.3 is 4.42 Å². The first-order chi connectivity index (χ1) is 18.3. The van der Waals surface area contributed by atoms with Gasteiger partial charge in [0.15, 0.2) is 6.20 Å². The minimum Gasteiger partial charge on any atom is -0.455 e. The van der Waals surface area contributed by atoms with Crippen LogP contribution in [0.25, 0.3) is 44.3 Å². The molecule has 0 bridgehead atoms. The van der Waals surface area contributed by atoms with Crippen LogP contribution in [-0.4, -0.2) is 8.07 Å². The maximum atomic E-state index is 7.04. The first-order valence-corrected chi connectivity index (χ1v) is 17.9. The molecule has 2 aromatic heterocycles. The molecule has 3 aromatic carbocycles. The van der Waals surface area contributed by atoms with Crippen molar-refractivity contribution in [1.29, 1.82) is 0 Å². The van der Waals surface area contributed by atoms with E-state index in [-0.39, 0.29) is 10.8 Å². The van der Waals surface area contributed by atoms with Crippen molar-refractivity contribution >= 4 is 35.2 Å². The average Bonchev–Trinajstić information content (AvgIpc) is 3.25. The largest absolute Gasteiger partial charge is 0.455 e. The summed E-state index contributed by atoms with van der Waals surface area (Å²) in [6.07, 6.45) is 4.55. The van der Waals surface area contributed by atoms with Crippen LogP contribution in [-0.2, 0) is 17.9 Å². The second-order valence-corrected chi connectivity index (χ2v) is 19.1. The Hall–Kier alpha value is -3.17. The molecule has 0 atom stereocenters. The molecule has 0 aliphatic heterocycles. The van der Waals surface area contributed by atoms with Crippen molar-refractivity contribution in [2.45, 2.75) is 77.9 Å². The molecule has 6 rings (SSSR count). The maximum absolute atomic E-state index is 7.04. The van der Waals surface area contributed by atoms with Crippen LogP contribution in [0.5, 0.6) is 0 Å². The van der Waals surface area contributed by atoms with Gasteiger partial charge in [0.1, 0.15) is 18.2 Å². The van der Waals surface area contributed by atoms with Crippen molar-refractivity contribution in [2.75, 3.05) is 0 Å². The highest BCUT2D eigenvalue weighted by molar-refractivity contribution is 6.90. The molecule has 0 spiro atoms. The molecular formula is C36H42NOSi+. The van der Waals surface area contributed by atoms with Crippen LogP contribution in [0.3, 0.4) is 0 Å². The van der Waals surface area contributed by atoms with Gasteiger partial charge in [-0.1, -0.05) is 89.8 Å². The third-order valence-electron chi connectivity index (χ3n) is 9.28. The molecule has 39 heavy (non-hydrogen) atoms. The lowest BCUT2D eigenvalue weighted by molar-refractivity contribution is -0.660. The molecule has 2 nitrogen and oxygen atoms in total. The van der Waals surface area contributed by atoms with Crippen molar-refractivity contribution in [1.82, 2.24) is 0 Å². The molecule has 0 N–H and O–H groups in total. The van der Waals surface area contributed by atoms with Gasteiger partial charge in [-0.3, -0.25) is 0 Å². The van der Waals surface area contributed by atoms with Gasteiger partial charge in [0, 0.05) is 28.5 Å². The monoisotopic (exact) mass is 532 g/mol. The standard InChI is InChI=1S/C36H42NOSi/c1-23-13-15-25-26-16-18-30(39(7,8)9)32(34(26)38-33(25)31(23)29-12-10-11-21-37(29)6)24-14-17-27-28(22-24)36(4,5)20-19-35(27,2)3/h10-18,21-22H,19-20H2,1-9H3/q+1. The Morgan fingerprint density at radius 3 is 2.05 bits per heavy atom. The molecule has 0 amide bonds. The highest BCUT2D eigenvalue weighted by Crippen LogP contribution is 2.48. The van der Waals surface area contributed by atoms with Crippen LogP contribution in [0.15, 0.2) is 71.3 Å². The van der Waals surface area contributed by atoms with Crippen LogP contribution < -0.4 is 9.75 Å². The second-order valence-electron chi connectivity index (χ2n) is 14.1. The second kappa shape index (κ2) is 8.66. The molecule has 0 saturated heterocycles. The maximum Gasteiger partial charge on any atom is 0.216 e. The normalized spacial score (nSPS) is 16.5. The van der Waals surface area contributed by atoms with Crippen molar-refractivity contribution in [3.8, 4) is 22.4 Å². The van der Waals surface area contributed by atoms with E-state index in [0.717, 1.165) is 11.2 Å². The van der Waals surface area contributed by atoms with Gasteiger partial charge in [0.05, 0.1) is 13.6 Å². The summed E-state index contributed by atoms with van der Waals surface area (Å²) in [4.78, 5) is 0. The first-order valence-electron chi connectivity index (χ1n) is 14.4. The number of rotatable bonds is 3. The van der Waals surface area contributed by atoms with Gasteiger partial charge in [0.2, 0.25) is 5.69 Å². The van der Waals surface area contributed by atoms with Gasteiger partial charge in [-0.05, 0) is 64.1 Å². The number of hydrogen-bond acceptors (Lipinski definition) is 1. The van der Waals surface area contributed by atoms with E-state index in [2.05, 4.69) is 133 Å². The summed E-state index contributed by atoms with van der Waals surface area (Å²) in [5.74, 6) is 0. The lowest BCUT2D eigenvalue weighted by Gasteiger charge is -2.42. The minimum absolute atomic E-state index is 0.161. The quantitative estimate of drug-likeness (QED) is 0.167. The van der Waals surface area contributed by atoms with Gasteiger partial charge in [0.25, 0.3) is 0 Å². The molecule has 0 radical (unpaired) electrons. The number of benzene rings is 3. The van der Waals surface area contributed by atoms with E-state index < -0.39 is 8.07 Å². The Balaban J connectivity index is 1.71. The zero-order valence-electron chi connectivity index (χ0n) is 25.1. The van der Waals surface area contributed by atoms with E-state index in [9.17, 15) is 0 Å². The fourth-order valence-electron chi connectivity index (χ4n) is 6.76. The summed E-state index contributed by atoms with van der Waals surface area (Å²) in [5.41, 5.74) is 11.6. The molecule has 200 valence electrons. The molecule has 1 aliphatic rings. The zero-order valence-corrected chi connectivity index (χ0v) is 26.1. The third-order valence-corrected chi connectivity index (χ3v) is 11.3. The van der Waals surface area contributed by atoms with Gasteiger partial charge in [-0.15, -0.1) is 0 Å². The highest BCUT2D eigenvalue weighted by atomic mass is 28.3. The Morgan fingerprint density at radius 2 is 1.38 bits per heavy atom. The van der Waals surface area contributed by atoms with E-state index in [4.69, 9.17) is 4.42 Å². The topological polar surface area (TPSA) is 17.0 Å². The lowest BCUT2D eigenvalue weighted by atomic mass is 9.63. The summed E-state index contributed by atoms with van der Waals surface area (Å²) in [6, 6.07) is 22.9. The van der Waals surface area contributed by atoms with Crippen molar-refractivity contribution < 1.29 is 8.98 Å². The van der Waals surface area contributed by atoms with E-state index >= 15 is 0 Å². The molecule has 0 saturated carbocycles. The Bertz CT molecular complexity index is 1760. The summed E-state index contributed by atoms with van der Waals surface area (Å²) in [6.45, 7) is 19.2. The Labute approximate surface area is 234 Å². The number of aryl methyl sites for hydroxylation is 2. The fourth-order valence-corrected chi connectivity index (χ4v) is 8.35. The van der Waals surface area contributed by atoms with E-state index in [1.807, 2.05) is 0 Å². The molecule has 0 fully saturated rings. The van der Waals surface area contributed by atoms with Gasteiger partial charge >= 0.3 is 0 Å². The fraction of sp³-hybridized carbons (Fsp3) is 0.361. The third kappa shape index (κ3) is 4.09. The highest BCUT2D eigenvalue weighted by Gasteiger charge is 2.37.